The summed E-state index contributed by atoms with van der Waals surface area (Å²) in [4.78, 5) is 22.9. The van der Waals surface area contributed by atoms with Gasteiger partial charge in [-0.25, -0.2) is 9.97 Å². The molecule has 1 saturated heterocycles. The Morgan fingerprint density at radius 1 is 1.41 bits per heavy atom. The first-order valence-corrected chi connectivity index (χ1v) is 8.13. The number of aromatic nitrogens is 2. The van der Waals surface area contributed by atoms with E-state index in [-0.39, 0.29) is 17.9 Å². The van der Waals surface area contributed by atoms with E-state index < -0.39 is 6.04 Å². The van der Waals surface area contributed by atoms with Crippen molar-refractivity contribution in [3.05, 3.63) is 18.1 Å². The van der Waals surface area contributed by atoms with Crippen molar-refractivity contribution < 1.29 is 4.79 Å². The molecule has 1 amide bonds. The summed E-state index contributed by atoms with van der Waals surface area (Å²) in [5.41, 5.74) is 6.95. The van der Waals surface area contributed by atoms with Gasteiger partial charge in [-0.05, 0) is 25.2 Å². The summed E-state index contributed by atoms with van der Waals surface area (Å²) in [5.74, 6) is 1.10. The number of amides is 1. The molecule has 6 nitrogen and oxygen atoms in total. The summed E-state index contributed by atoms with van der Waals surface area (Å²) in [5, 5.41) is 3.07. The molecule has 0 aromatic carbocycles. The lowest BCUT2D eigenvalue weighted by molar-refractivity contribution is -0.124. The van der Waals surface area contributed by atoms with Crippen molar-refractivity contribution in [1.82, 2.24) is 15.3 Å². The molecule has 1 aliphatic heterocycles. The number of anilines is 1. The lowest BCUT2D eigenvalue weighted by Gasteiger charge is -2.33. The Labute approximate surface area is 132 Å². The van der Waals surface area contributed by atoms with Crippen molar-refractivity contribution in [2.75, 3.05) is 18.0 Å². The SMILES string of the molecule is CCc1cc(N2CCC(NC(=O)[C@@H](N)C(C)C)CC2)ncn1. The molecule has 1 fully saturated rings. The lowest BCUT2D eigenvalue weighted by atomic mass is 10.0. The van der Waals surface area contributed by atoms with Crippen molar-refractivity contribution in [1.29, 1.82) is 0 Å². The van der Waals surface area contributed by atoms with Crippen LogP contribution in [-0.2, 0) is 11.2 Å². The Morgan fingerprint density at radius 3 is 2.68 bits per heavy atom. The standard InChI is InChI=1S/C16H27N5O/c1-4-12-9-14(19-10-18-12)21-7-5-13(6-8-21)20-16(22)15(17)11(2)3/h9-11,13,15H,4-8,17H2,1-3H3,(H,20,22)/t15-/m0/s1. The summed E-state index contributed by atoms with van der Waals surface area (Å²) in [6, 6.07) is 1.83. The Morgan fingerprint density at radius 2 is 2.09 bits per heavy atom. The van der Waals surface area contributed by atoms with Gasteiger partial charge in [0.25, 0.3) is 0 Å². The number of hydrogen-bond donors (Lipinski definition) is 2. The lowest BCUT2D eigenvalue weighted by Crippen LogP contribution is -2.51. The van der Waals surface area contributed by atoms with Gasteiger partial charge in [0, 0.05) is 30.9 Å². The molecule has 0 radical (unpaired) electrons. The molecule has 22 heavy (non-hydrogen) atoms. The van der Waals surface area contributed by atoms with E-state index in [2.05, 4.69) is 27.1 Å². The topological polar surface area (TPSA) is 84.1 Å². The monoisotopic (exact) mass is 305 g/mol. The minimum Gasteiger partial charge on any atom is -0.356 e. The zero-order chi connectivity index (χ0) is 16.1. The number of piperidine rings is 1. The number of aryl methyl sites for hydroxylation is 1. The van der Waals surface area contributed by atoms with Crippen LogP contribution in [0.3, 0.4) is 0 Å². The molecule has 2 rings (SSSR count). The molecular weight excluding hydrogens is 278 g/mol. The normalized spacial score (nSPS) is 17.6. The van der Waals surface area contributed by atoms with Crippen LogP contribution in [0.2, 0.25) is 0 Å². The zero-order valence-electron chi connectivity index (χ0n) is 13.7. The van der Waals surface area contributed by atoms with E-state index in [0.717, 1.165) is 43.9 Å². The molecule has 1 aromatic heterocycles. The average Bonchev–Trinajstić information content (AvgIpc) is 2.54. The van der Waals surface area contributed by atoms with Crippen molar-refractivity contribution in [3.63, 3.8) is 0 Å². The fourth-order valence-electron chi connectivity index (χ4n) is 2.61. The molecule has 0 bridgehead atoms. The molecule has 3 N–H and O–H groups in total. The van der Waals surface area contributed by atoms with Crippen LogP contribution in [-0.4, -0.2) is 41.0 Å². The van der Waals surface area contributed by atoms with Crippen LogP contribution in [0.25, 0.3) is 0 Å². The van der Waals surface area contributed by atoms with Crippen molar-refractivity contribution in [2.24, 2.45) is 11.7 Å². The molecule has 2 heterocycles. The molecule has 1 atom stereocenters. The minimum absolute atomic E-state index is 0.0382. The summed E-state index contributed by atoms with van der Waals surface area (Å²) in [7, 11) is 0. The van der Waals surface area contributed by atoms with Crippen LogP contribution >= 0.6 is 0 Å². The molecule has 0 spiro atoms. The number of nitrogens with two attached hydrogens (primary N) is 1. The number of nitrogens with one attached hydrogen (secondary N) is 1. The molecule has 122 valence electrons. The minimum atomic E-state index is -0.424. The molecule has 6 heteroatoms. The van der Waals surface area contributed by atoms with E-state index in [4.69, 9.17) is 5.73 Å². The van der Waals surface area contributed by atoms with Gasteiger partial charge < -0.3 is 16.0 Å². The van der Waals surface area contributed by atoms with Gasteiger partial charge in [-0.1, -0.05) is 20.8 Å². The van der Waals surface area contributed by atoms with Gasteiger partial charge >= 0.3 is 0 Å². The quantitative estimate of drug-likeness (QED) is 0.851. The van der Waals surface area contributed by atoms with Crippen molar-refractivity contribution in [2.45, 2.75) is 52.1 Å². The maximum Gasteiger partial charge on any atom is 0.237 e. The third-order valence-corrected chi connectivity index (χ3v) is 4.26. The van der Waals surface area contributed by atoms with Crippen LogP contribution in [0.15, 0.2) is 12.4 Å². The van der Waals surface area contributed by atoms with E-state index >= 15 is 0 Å². The first-order valence-electron chi connectivity index (χ1n) is 8.13. The molecule has 0 saturated carbocycles. The van der Waals surface area contributed by atoms with Crippen molar-refractivity contribution >= 4 is 11.7 Å². The Bertz CT molecular complexity index is 497. The summed E-state index contributed by atoms with van der Waals surface area (Å²) < 4.78 is 0. The highest BCUT2D eigenvalue weighted by Gasteiger charge is 2.24. The molecule has 0 aliphatic carbocycles. The Hall–Kier alpha value is -1.69. The third kappa shape index (κ3) is 4.16. The van der Waals surface area contributed by atoms with E-state index in [1.54, 1.807) is 6.33 Å². The Balaban J connectivity index is 1.86. The van der Waals surface area contributed by atoms with E-state index in [1.807, 2.05) is 19.9 Å². The second kappa shape index (κ2) is 7.54. The van der Waals surface area contributed by atoms with Gasteiger partial charge in [0.1, 0.15) is 12.1 Å². The van der Waals surface area contributed by atoms with Crippen LogP contribution in [0.5, 0.6) is 0 Å². The van der Waals surface area contributed by atoms with E-state index in [9.17, 15) is 4.79 Å². The Kier molecular flexibility index (Phi) is 5.71. The van der Waals surface area contributed by atoms with E-state index in [0.29, 0.717) is 0 Å². The zero-order valence-corrected chi connectivity index (χ0v) is 13.7. The maximum absolute atomic E-state index is 12.0. The maximum atomic E-state index is 12.0. The first-order chi connectivity index (χ1) is 10.5. The van der Waals surface area contributed by atoms with E-state index in [1.165, 1.54) is 0 Å². The highest BCUT2D eigenvalue weighted by molar-refractivity contribution is 5.82. The molecular formula is C16H27N5O. The molecule has 0 unspecified atom stereocenters. The largest absolute Gasteiger partial charge is 0.356 e. The van der Waals surface area contributed by atoms with Gasteiger partial charge in [-0.3, -0.25) is 4.79 Å². The third-order valence-electron chi connectivity index (χ3n) is 4.26. The summed E-state index contributed by atoms with van der Waals surface area (Å²) >= 11 is 0. The van der Waals surface area contributed by atoms with Gasteiger partial charge in [-0.2, -0.15) is 0 Å². The predicted molar refractivity (Wildman–Crippen MR) is 87.6 cm³/mol. The molecule has 1 aliphatic rings. The smallest absolute Gasteiger partial charge is 0.237 e. The fourth-order valence-corrected chi connectivity index (χ4v) is 2.61. The predicted octanol–water partition coefficient (Wildman–Crippen LogP) is 1.11. The highest BCUT2D eigenvalue weighted by atomic mass is 16.2. The highest BCUT2D eigenvalue weighted by Crippen LogP contribution is 2.18. The van der Waals surface area contributed by atoms with Crippen LogP contribution in [0, 0.1) is 5.92 Å². The van der Waals surface area contributed by atoms with Crippen LogP contribution in [0.1, 0.15) is 39.3 Å². The molecule has 1 aromatic rings. The number of nitrogens with zero attached hydrogens (tertiary/aromatic N) is 3. The van der Waals surface area contributed by atoms with Gasteiger partial charge in [0.05, 0.1) is 6.04 Å². The van der Waals surface area contributed by atoms with Crippen LogP contribution < -0.4 is 16.0 Å². The summed E-state index contributed by atoms with van der Waals surface area (Å²) in [6.45, 7) is 7.80. The summed E-state index contributed by atoms with van der Waals surface area (Å²) in [6.07, 6.45) is 4.38. The number of carbonyl (C=O) groups is 1. The first kappa shape index (κ1) is 16.7. The number of carbonyl (C=O) groups excluding carboxylic acids is 1. The average molecular weight is 305 g/mol. The number of hydrogen-bond acceptors (Lipinski definition) is 5. The second-order valence-corrected chi connectivity index (χ2v) is 6.26. The van der Waals surface area contributed by atoms with Gasteiger partial charge in [-0.15, -0.1) is 0 Å². The fraction of sp³-hybridized carbons (Fsp3) is 0.688. The second-order valence-electron chi connectivity index (χ2n) is 6.26. The van der Waals surface area contributed by atoms with Crippen molar-refractivity contribution in [3.8, 4) is 0 Å². The van der Waals surface area contributed by atoms with Gasteiger partial charge in [0.15, 0.2) is 0 Å². The van der Waals surface area contributed by atoms with Gasteiger partial charge in [0.2, 0.25) is 5.91 Å². The van der Waals surface area contributed by atoms with Crippen LogP contribution in [0.4, 0.5) is 5.82 Å². The number of rotatable bonds is 5.